The van der Waals surface area contributed by atoms with Crippen LogP contribution in [0, 0.1) is 5.92 Å². The second kappa shape index (κ2) is 14.7. The van der Waals surface area contributed by atoms with Gasteiger partial charge in [-0.25, -0.2) is 9.97 Å². The predicted octanol–water partition coefficient (Wildman–Crippen LogP) is 5.01. The van der Waals surface area contributed by atoms with Crippen LogP contribution >= 0.6 is 23.4 Å². The summed E-state index contributed by atoms with van der Waals surface area (Å²) < 4.78 is 0. The number of nitrogens with zero attached hydrogens (tertiary/aromatic N) is 5. The third-order valence-corrected chi connectivity index (χ3v) is 9.75. The molecule has 3 fully saturated rings. The molecule has 1 unspecified atom stereocenters. The van der Waals surface area contributed by atoms with Crippen LogP contribution in [0.25, 0.3) is 0 Å². The van der Waals surface area contributed by atoms with Crippen molar-refractivity contribution in [2.45, 2.75) is 82.1 Å². The second-order valence-electron chi connectivity index (χ2n) is 11.8. The van der Waals surface area contributed by atoms with Crippen LogP contribution in [-0.2, 0) is 16.1 Å². The third-order valence-electron chi connectivity index (χ3n) is 8.71. The van der Waals surface area contributed by atoms with Gasteiger partial charge in [-0.2, -0.15) is 0 Å². The van der Waals surface area contributed by atoms with Crippen molar-refractivity contribution in [3.8, 4) is 0 Å². The second-order valence-corrected chi connectivity index (χ2v) is 13.1. The van der Waals surface area contributed by atoms with Gasteiger partial charge in [-0.05, 0) is 37.7 Å². The Morgan fingerprint density at radius 3 is 2.51 bits per heavy atom. The van der Waals surface area contributed by atoms with Gasteiger partial charge in [0.15, 0.2) is 5.16 Å². The number of likely N-dealkylation sites (tertiary alicyclic amines) is 1. The molecule has 3 heterocycles. The maximum Gasteiger partial charge on any atom is 0.230 e. The van der Waals surface area contributed by atoms with Crippen LogP contribution in [-0.4, -0.2) is 82.1 Å². The first kappa shape index (κ1) is 30.1. The Hall–Kier alpha value is -2.36. The van der Waals surface area contributed by atoms with Gasteiger partial charge in [-0.15, -0.1) is 0 Å². The Morgan fingerprint density at radius 1 is 1.02 bits per heavy atom. The number of benzene rings is 1. The van der Waals surface area contributed by atoms with Crippen LogP contribution in [0.2, 0.25) is 5.15 Å². The summed E-state index contributed by atoms with van der Waals surface area (Å²) in [6.07, 6.45) is 8.77. The fourth-order valence-electron chi connectivity index (χ4n) is 6.39. The number of carbonyl (C=O) groups excluding carboxylic acids is 2. The zero-order valence-electron chi connectivity index (χ0n) is 24.1. The molecule has 5 rings (SSSR count). The molecule has 1 aromatic heterocycles. The Kier molecular flexibility index (Phi) is 10.8. The Morgan fingerprint density at radius 2 is 1.78 bits per heavy atom. The number of thioether (sulfide) groups is 1. The summed E-state index contributed by atoms with van der Waals surface area (Å²) in [4.78, 5) is 41.4. The lowest BCUT2D eigenvalue weighted by Crippen LogP contribution is -2.54. The quantitative estimate of drug-likeness (QED) is 0.234. The van der Waals surface area contributed by atoms with E-state index in [1.54, 1.807) is 6.07 Å². The minimum absolute atomic E-state index is 0.0000114. The summed E-state index contributed by atoms with van der Waals surface area (Å²) in [5, 5.41) is 4.06. The molecule has 1 aliphatic carbocycles. The Bertz CT molecular complexity index is 1160. The lowest BCUT2D eigenvalue weighted by Gasteiger charge is -2.40. The lowest BCUT2D eigenvalue weighted by atomic mass is 10.0. The summed E-state index contributed by atoms with van der Waals surface area (Å²) in [6.45, 7) is 7.11. The van der Waals surface area contributed by atoms with Gasteiger partial charge in [0.1, 0.15) is 11.0 Å². The molecule has 41 heavy (non-hydrogen) atoms. The normalized spacial score (nSPS) is 20.9. The first-order chi connectivity index (χ1) is 19.9. The van der Waals surface area contributed by atoms with Gasteiger partial charge in [-0.1, -0.05) is 79.4 Å². The molecular formula is C31H43ClN6O2S. The van der Waals surface area contributed by atoms with Crippen molar-refractivity contribution < 1.29 is 9.59 Å². The van der Waals surface area contributed by atoms with E-state index in [0.717, 1.165) is 50.6 Å². The van der Waals surface area contributed by atoms with E-state index in [1.807, 2.05) is 11.0 Å². The van der Waals surface area contributed by atoms with Gasteiger partial charge in [0, 0.05) is 63.8 Å². The minimum atomic E-state index is -0.0000114. The fraction of sp³-hybridized carbons (Fsp3) is 0.613. The van der Waals surface area contributed by atoms with E-state index in [1.165, 1.54) is 43.0 Å². The van der Waals surface area contributed by atoms with Crippen molar-refractivity contribution in [1.82, 2.24) is 25.1 Å². The first-order valence-corrected chi connectivity index (χ1v) is 16.6. The fourth-order valence-corrected chi connectivity index (χ4v) is 7.29. The highest BCUT2D eigenvalue weighted by Gasteiger charge is 2.29. The standard InChI is InChI=1S/C31H43ClN6O2S/c1-23-20-37(17-18-38(23)30(40)12-11-24-7-5-6-8-24)28-19-27(32)34-31(35-28)41-22-29(39)33-26-13-15-36(16-14-26)21-25-9-3-2-4-10-25/h2-4,9-10,19,23-24,26H,5-8,11-18,20-22H2,1H3,(H,33,39). The van der Waals surface area contributed by atoms with Crippen LogP contribution in [0.5, 0.6) is 0 Å². The van der Waals surface area contributed by atoms with Crippen molar-refractivity contribution in [2.75, 3.05) is 43.4 Å². The molecule has 2 amide bonds. The van der Waals surface area contributed by atoms with Crippen LogP contribution in [0.15, 0.2) is 41.6 Å². The number of aromatic nitrogens is 2. The maximum atomic E-state index is 12.9. The highest BCUT2D eigenvalue weighted by atomic mass is 35.5. The van der Waals surface area contributed by atoms with Crippen molar-refractivity contribution in [3.63, 3.8) is 0 Å². The van der Waals surface area contributed by atoms with Crippen molar-refractivity contribution in [2.24, 2.45) is 5.92 Å². The summed E-state index contributed by atoms with van der Waals surface area (Å²) in [5.74, 6) is 2.01. The molecule has 0 radical (unpaired) electrons. The number of halogens is 1. The number of rotatable bonds is 10. The molecule has 0 bridgehead atoms. The van der Waals surface area contributed by atoms with Gasteiger partial charge in [0.25, 0.3) is 0 Å². The summed E-state index contributed by atoms with van der Waals surface area (Å²) >= 11 is 7.69. The van der Waals surface area contributed by atoms with Gasteiger partial charge in [0.2, 0.25) is 11.8 Å². The molecule has 0 spiro atoms. The highest BCUT2D eigenvalue weighted by Crippen LogP contribution is 2.29. The predicted molar refractivity (Wildman–Crippen MR) is 165 cm³/mol. The molecule has 1 aromatic carbocycles. The van der Waals surface area contributed by atoms with E-state index in [0.29, 0.717) is 36.4 Å². The number of hydrogen-bond acceptors (Lipinski definition) is 7. The van der Waals surface area contributed by atoms with Gasteiger partial charge in [0.05, 0.1) is 5.75 Å². The van der Waals surface area contributed by atoms with E-state index in [4.69, 9.17) is 16.6 Å². The van der Waals surface area contributed by atoms with E-state index in [9.17, 15) is 9.59 Å². The van der Waals surface area contributed by atoms with Crippen LogP contribution in [0.3, 0.4) is 0 Å². The number of amides is 2. The first-order valence-electron chi connectivity index (χ1n) is 15.2. The van der Waals surface area contributed by atoms with Crippen molar-refractivity contribution in [3.05, 3.63) is 47.1 Å². The molecule has 2 aliphatic heterocycles. The summed E-state index contributed by atoms with van der Waals surface area (Å²) in [7, 11) is 0. The smallest absolute Gasteiger partial charge is 0.230 e. The monoisotopic (exact) mass is 598 g/mol. The molecule has 2 aromatic rings. The van der Waals surface area contributed by atoms with E-state index in [2.05, 4.69) is 51.3 Å². The maximum absolute atomic E-state index is 12.9. The molecule has 1 N–H and O–H groups in total. The number of hydrogen-bond donors (Lipinski definition) is 1. The zero-order valence-corrected chi connectivity index (χ0v) is 25.7. The number of nitrogens with one attached hydrogen (secondary N) is 1. The van der Waals surface area contributed by atoms with Gasteiger partial charge < -0.3 is 15.1 Å². The molecular weight excluding hydrogens is 556 g/mol. The van der Waals surface area contributed by atoms with E-state index >= 15 is 0 Å². The molecule has 1 atom stereocenters. The average molecular weight is 599 g/mol. The molecule has 2 saturated heterocycles. The molecule has 1 saturated carbocycles. The number of anilines is 1. The van der Waals surface area contributed by atoms with Crippen LogP contribution in [0.4, 0.5) is 5.82 Å². The number of carbonyl (C=O) groups is 2. The zero-order chi connectivity index (χ0) is 28.6. The molecule has 222 valence electrons. The van der Waals surface area contributed by atoms with E-state index in [-0.39, 0.29) is 29.7 Å². The van der Waals surface area contributed by atoms with Crippen molar-refractivity contribution >= 4 is 41.0 Å². The van der Waals surface area contributed by atoms with Crippen molar-refractivity contribution in [1.29, 1.82) is 0 Å². The van der Waals surface area contributed by atoms with Crippen LogP contribution < -0.4 is 10.2 Å². The lowest BCUT2D eigenvalue weighted by molar-refractivity contribution is -0.134. The SMILES string of the molecule is CC1CN(c2cc(Cl)nc(SCC(=O)NC3CCN(Cc4ccccc4)CC3)n2)CCN1C(=O)CCC1CCCC1. The number of piperidine rings is 1. The molecule has 8 nitrogen and oxygen atoms in total. The highest BCUT2D eigenvalue weighted by molar-refractivity contribution is 7.99. The summed E-state index contributed by atoms with van der Waals surface area (Å²) in [5.41, 5.74) is 1.33. The minimum Gasteiger partial charge on any atom is -0.353 e. The number of piperazine rings is 1. The van der Waals surface area contributed by atoms with Crippen LogP contribution in [0.1, 0.15) is 63.9 Å². The third kappa shape index (κ3) is 8.82. The largest absolute Gasteiger partial charge is 0.353 e. The van der Waals surface area contributed by atoms with Gasteiger partial charge >= 0.3 is 0 Å². The average Bonchev–Trinajstić information content (AvgIpc) is 3.50. The van der Waals surface area contributed by atoms with Gasteiger partial charge in [-0.3, -0.25) is 14.5 Å². The summed E-state index contributed by atoms with van der Waals surface area (Å²) in [6, 6.07) is 12.6. The Balaban J connectivity index is 1.05. The topological polar surface area (TPSA) is 81.7 Å². The molecule has 10 heteroatoms. The Labute approximate surface area is 253 Å². The molecule has 3 aliphatic rings. The van der Waals surface area contributed by atoms with E-state index < -0.39 is 0 Å².